The van der Waals surface area contributed by atoms with Crippen molar-refractivity contribution in [3.05, 3.63) is 6.20 Å². The molecule has 0 aliphatic heterocycles. The molecule has 1 amide bonds. The molecule has 0 aliphatic rings. The van der Waals surface area contributed by atoms with Crippen molar-refractivity contribution in [1.29, 1.82) is 0 Å². The zero-order valence-corrected chi connectivity index (χ0v) is 11.8. The molecule has 8 nitrogen and oxygen atoms in total. The molecule has 1 rings (SSSR count). The Labute approximate surface area is 112 Å². The molecule has 108 valence electrons. The van der Waals surface area contributed by atoms with E-state index in [9.17, 15) is 13.2 Å². The molecule has 1 heterocycles. The number of nitrogen functional groups attached to an aromatic ring is 1. The molecule has 0 bridgehead atoms. The first-order valence-electron chi connectivity index (χ1n) is 6.00. The van der Waals surface area contributed by atoms with Gasteiger partial charge < -0.3 is 11.1 Å². The summed E-state index contributed by atoms with van der Waals surface area (Å²) in [7, 11) is -3.73. The molecule has 19 heavy (non-hydrogen) atoms. The highest BCUT2D eigenvalue weighted by Gasteiger charge is 2.20. The summed E-state index contributed by atoms with van der Waals surface area (Å²) in [5.41, 5.74) is 5.55. The fraction of sp³-hybridized carbons (Fsp3) is 0.600. The second-order valence-electron chi connectivity index (χ2n) is 3.84. The number of carbonyl (C=O) groups excluding carboxylic acids is 1. The lowest BCUT2D eigenvalue weighted by atomic mass is 10.4. The molecule has 0 atom stereocenters. The van der Waals surface area contributed by atoms with E-state index in [1.54, 1.807) is 6.92 Å². The molecule has 0 aliphatic carbocycles. The Morgan fingerprint density at radius 1 is 1.47 bits per heavy atom. The summed E-state index contributed by atoms with van der Waals surface area (Å²) < 4.78 is 27.7. The van der Waals surface area contributed by atoms with Crippen LogP contribution in [0.1, 0.15) is 20.3 Å². The van der Waals surface area contributed by atoms with Gasteiger partial charge in [-0.05, 0) is 13.8 Å². The Hall–Kier alpha value is -1.61. The number of hydrogen-bond donors (Lipinski definition) is 3. The number of carbonyl (C=O) groups is 1. The van der Waals surface area contributed by atoms with Crippen molar-refractivity contribution in [1.82, 2.24) is 19.8 Å². The Morgan fingerprint density at radius 2 is 2.16 bits per heavy atom. The van der Waals surface area contributed by atoms with Crippen molar-refractivity contribution < 1.29 is 13.2 Å². The topological polar surface area (TPSA) is 119 Å². The standard InChI is InChI=1S/C10H19N5O3S/c1-3-12-9(16)5-6-13-19(17,18)8-7-15(4-2)14-10(8)11/h7,13H,3-6H2,1-2H3,(H2,11,14)(H,12,16). The highest BCUT2D eigenvalue weighted by atomic mass is 32.2. The number of nitrogens with two attached hydrogens (primary N) is 1. The van der Waals surface area contributed by atoms with Gasteiger partial charge in [-0.3, -0.25) is 9.48 Å². The summed E-state index contributed by atoms with van der Waals surface area (Å²) in [4.78, 5) is 11.1. The maximum Gasteiger partial charge on any atom is 0.245 e. The number of anilines is 1. The SMILES string of the molecule is CCNC(=O)CCNS(=O)(=O)c1cn(CC)nc1N. The molecular formula is C10H19N5O3S. The first-order valence-corrected chi connectivity index (χ1v) is 7.48. The van der Waals surface area contributed by atoms with Crippen molar-refractivity contribution in [3.63, 3.8) is 0 Å². The summed E-state index contributed by atoms with van der Waals surface area (Å²) >= 11 is 0. The third-order valence-electron chi connectivity index (χ3n) is 2.39. The van der Waals surface area contributed by atoms with Crippen LogP contribution in [0.5, 0.6) is 0 Å². The number of nitrogens with one attached hydrogen (secondary N) is 2. The molecule has 4 N–H and O–H groups in total. The van der Waals surface area contributed by atoms with Crippen LogP contribution < -0.4 is 15.8 Å². The lowest BCUT2D eigenvalue weighted by Gasteiger charge is -2.05. The van der Waals surface area contributed by atoms with E-state index in [0.29, 0.717) is 13.1 Å². The number of hydrogen-bond acceptors (Lipinski definition) is 5. The normalized spacial score (nSPS) is 11.5. The highest BCUT2D eigenvalue weighted by molar-refractivity contribution is 7.89. The number of nitrogens with zero attached hydrogens (tertiary/aromatic N) is 2. The van der Waals surface area contributed by atoms with Gasteiger partial charge in [0.2, 0.25) is 15.9 Å². The van der Waals surface area contributed by atoms with E-state index in [4.69, 9.17) is 5.73 Å². The molecule has 1 aromatic heterocycles. The average Bonchev–Trinajstić information content (AvgIpc) is 2.71. The lowest BCUT2D eigenvalue weighted by molar-refractivity contribution is -0.120. The van der Waals surface area contributed by atoms with E-state index < -0.39 is 10.0 Å². The third-order valence-corrected chi connectivity index (χ3v) is 3.86. The highest BCUT2D eigenvalue weighted by Crippen LogP contribution is 2.15. The molecule has 0 radical (unpaired) electrons. The molecule has 0 spiro atoms. The number of rotatable bonds is 7. The quantitative estimate of drug-likeness (QED) is 0.612. The van der Waals surface area contributed by atoms with E-state index in [1.807, 2.05) is 6.92 Å². The van der Waals surface area contributed by atoms with Crippen molar-refractivity contribution >= 4 is 21.7 Å². The maximum absolute atomic E-state index is 11.9. The number of aryl methyl sites for hydroxylation is 1. The number of amides is 1. The maximum atomic E-state index is 11.9. The van der Waals surface area contributed by atoms with Gasteiger partial charge in [0, 0.05) is 32.3 Å². The van der Waals surface area contributed by atoms with Crippen LogP contribution in [0.4, 0.5) is 5.82 Å². The summed E-state index contributed by atoms with van der Waals surface area (Å²) in [5, 5.41) is 6.45. The molecule has 0 saturated carbocycles. The zero-order chi connectivity index (χ0) is 14.5. The van der Waals surface area contributed by atoms with Crippen LogP contribution in [0.3, 0.4) is 0 Å². The van der Waals surface area contributed by atoms with Gasteiger partial charge in [0.1, 0.15) is 4.90 Å². The number of aromatic nitrogens is 2. The molecule has 0 aromatic carbocycles. The summed E-state index contributed by atoms with van der Waals surface area (Å²) in [6, 6.07) is 0. The molecule has 0 fully saturated rings. The zero-order valence-electron chi connectivity index (χ0n) is 11.0. The number of sulfonamides is 1. The van der Waals surface area contributed by atoms with Crippen molar-refractivity contribution in [3.8, 4) is 0 Å². The van der Waals surface area contributed by atoms with Crippen LogP contribution in [-0.4, -0.2) is 37.2 Å². The van der Waals surface area contributed by atoms with E-state index >= 15 is 0 Å². The van der Waals surface area contributed by atoms with Crippen LogP contribution >= 0.6 is 0 Å². The minimum absolute atomic E-state index is 0.0188. The van der Waals surface area contributed by atoms with Crippen LogP contribution in [0.25, 0.3) is 0 Å². The third kappa shape index (κ3) is 4.21. The second kappa shape index (κ2) is 6.53. The smallest absolute Gasteiger partial charge is 0.245 e. The fourth-order valence-electron chi connectivity index (χ4n) is 1.45. The van der Waals surface area contributed by atoms with Crippen LogP contribution in [0.15, 0.2) is 11.1 Å². The van der Waals surface area contributed by atoms with Crippen molar-refractivity contribution in [2.45, 2.75) is 31.7 Å². The molecular weight excluding hydrogens is 270 g/mol. The minimum atomic E-state index is -3.73. The van der Waals surface area contributed by atoms with Gasteiger partial charge in [-0.1, -0.05) is 0 Å². The Kier molecular flexibility index (Phi) is 5.31. The first-order chi connectivity index (χ1) is 8.90. The van der Waals surface area contributed by atoms with Crippen LogP contribution in [0.2, 0.25) is 0 Å². The monoisotopic (exact) mass is 289 g/mol. The predicted molar refractivity (Wildman–Crippen MR) is 70.8 cm³/mol. The first kappa shape index (κ1) is 15.4. The summed E-state index contributed by atoms with van der Waals surface area (Å²) in [6.45, 7) is 4.68. The van der Waals surface area contributed by atoms with Gasteiger partial charge in [-0.15, -0.1) is 0 Å². The Balaban J connectivity index is 2.65. The van der Waals surface area contributed by atoms with Gasteiger partial charge >= 0.3 is 0 Å². The molecule has 1 aromatic rings. The van der Waals surface area contributed by atoms with Gasteiger partial charge in [-0.2, -0.15) is 5.10 Å². The van der Waals surface area contributed by atoms with Crippen LogP contribution in [-0.2, 0) is 21.4 Å². The van der Waals surface area contributed by atoms with Gasteiger partial charge in [0.05, 0.1) is 0 Å². The van der Waals surface area contributed by atoms with E-state index in [0.717, 1.165) is 0 Å². The Bertz CT molecular complexity index is 537. The van der Waals surface area contributed by atoms with Crippen molar-refractivity contribution in [2.75, 3.05) is 18.8 Å². The van der Waals surface area contributed by atoms with Gasteiger partial charge in [0.15, 0.2) is 5.82 Å². The van der Waals surface area contributed by atoms with E-state index in [1.165, 1.54) is 10.9 Å². The van der Waals surface area contributed by atoms with Gasteiger partial charge in [-0.25, -0.2) is 13.1 Å². The van der Waals surface area contributed by atoms with E-state index in [-0.39, 0.29) is 29.6 Å². The predicted octanol–water partition coefficient (Wildman–Crippen LogP) is -0.710. The van der Waals surface area contributed by atoms with E-state index in [2.05, 4.69) is 15.1 Å². The second-order valence-corrected chi connectivity index (χ2v) is 5.57. The van der Waals surface area contributed by atoms with Gasteiger partial charge in [0.25, 0.3) is 0 Å². The van der Waals surface area contributed by atoms with Crippen molar-refractivity contribution in [2.24, 2.45) is 0 Å². The lowest BCUT2D eigenvalue weighted by Crippen LogP contribution is -2.30. The Morgan fingerprint density at radius 3 is 2.68 bits per heavy atom. The summed E-state index contributed by atoms with van der Waals surface area (Å²) in [5.74, 6) is -0.255. The largest absolute Gasteiger partial charge is 0.381 e. The average molecular weight is 289 g/mol. The minimum Gasteiger partial charge on any atom is -0.381 e. The fourth-order valence-corrected chi connectivity index (χ4v) is 2.55. The summed E-state index contributed by atoms with van der Waals surface area (Å²) in [6.07, 6.45) is 1.44. The van der Waals surface area contributed by atoms with Crippen LogP contribution in [0, 0.1) is 0 Å². The molecule has 9 heteroatoms. The molecule has 0 unspecified atom stereocenters. The molecule has 0 saturated heterocycles.